The van der Waals surface area contributed by atoms with Crippen molar-refractivity contribution in [3.63, 3.8) is 0 Å². The molecule has 0 saturated carbocycles. The van der Waals surface area contributed by atoms with Crippen molar-refractivity contribution in [3.8, 4) is 0 Å². The first-order valence-corrected chi connectivity index (χ1v) is 5.23. The molecule has 2 rings (SSSR count). The molecule has 3 heteroatoms. The van der Waals surface area contributed by atoms with E-state index >= 15 is 0 Å². The highest BCUT2D eigenvalue weighted by Gasteiger charge is 2.14. The van der Waals surface area contributed by atoms with Crippen LogP contribution in [0.4, 0.5) is 0 Å². The summed E-state index contributed by atoms with van der Waals surface area (Å²) in [5.41, 5.74) is 1.25. The number of hydrogen-bond acceptors (Lipinski definition) is 2. The van der Waals surface area contributed by atoms with E-state index in [0.717, 1.165) is 24.2 Å². The van der Waals surface area contributed by atoms with Crippen LogP contribution in [-0.4, -0.2) is 19.7 Å². The summed E-state index contributed by atoms with van der Waals surface area (Å²) in [6.45, 7) is 2.69. The topological polar surface area (TPSA) is 21.3 Å². The van der Waals surface area contributed by atoms with Crippen molar-refractivity contribution in [2.75, 3.05) is 19.7 Å². The van der Waals surface area contributed by atoms with E-state index in [0.29, 0.717) is 0 Å². The summed E-state index contributed by atoms with van der Waals surface area (Å²) in [7, 11) is 0. The lowest BCUT2D eigenvalue weighted by molar-refractivity contribution is 0.0277. The van der Waals surface area contributed by atoms with Crippen molar-refractivity contribution < 1.29 is 4.74 Å². The summed E-state index contributed by atoms with van der Waals surface area (Å²) in [6.07, 6.45) is 0.224. The van der Waals surface area contributed by atoms with Gasteiger partial charge < -0.3 is 10.1 Å². The van der Waals surface area contributed by atoms with Gasteiger partial charge in [0.15, 0.2) is 0 Å². The molecule has 2 nitrogen and oxygen atoms in total. The van der Waals surface area contributed by atoms with Gasteiger partial charge in [-0.05, 0) is 17.7 Å². The molecular formula is C10H12BrNO. The number of benzene rings is 1. The Balaban J connectivity index is 2.10. The second kappa shape index (κ2) is 4.22. The summed E-state index contributed by atoms with van der Waals surface area (Å²) in [4.78, 5) is 0. The lowest BCUT2D eigenvalue weighted by Crippen LogP contribution is -2.33. The van der Waals surface area contributed by atoms with Crippen LogP contribution < -0.4 is 5.32 Å². The summed E-state index contributed by atoms with van der Waals surface area (Å²) < 4.78 is 6.74. The fourth-order valence-electron chi connectivity index (χ4n) is 1.46. The van der Waals surface area contributed by atoms with Crippen molar-refractivity contribution in [1.82, 2.24) is 5.32 Å². The van der Waals surface area contributed by atoms with Gasteiger partial charge in [0, 0.05) is 17.6 Å². The minimum atomic E-state index is 0.224. The van der Waals surface area contributed by atoms with Crippen molar-refractivity contribution in [2.24, 2.45) is 0 Å². The highest BCUT2D eigenvalue weighted by atomic mass is 79.9. The van der Waals surface area contributed by atoms with Gasteiger partial charge in [-0.3, -0.25) is 0 Å². The van der Waals surface area contributed by atoms with Gasteiger partial charge in [-0.25, -0.2) is 0 Å². The second-order valence-corrected chi connectivity index (χ2v) is 4.03. The molecule has 0 radical (unpaired) electrons. The van der Waals surface area contributed by atoms with Crippen molar-refractivity contribution >= 4 is 15.9 Å². The molecule has 1 aromatic carbocycles. The highest BCUT2D eigenvalue weighted by Crippen LogP contribution is 2.20. The van der Waals surface area contributed by atoms with Crippen molar-refractivity contribution in [3.05, 3.63) is 34.3 Å². The highest BCUT2D eigenvalue weighted by molar-refractivity contribution is 9.10. The first-order valence-electron chi connectivity index (χ1n) is 4.44. The van der Waals surface area contributed by atoms with Crippen LogP contribution >= 0.6 is 15.9 Å². The smallest absolute Gasteiger partial charge is 0.0949 e. The Hall–Kier alpha value is -0.380. The van der Waals surface area contributed by atoms with E-state index in [-0.39, 0.29) is 6.10 Å². The average molecular weight is 242 g/mol. The lowest BCUT2D eigenvalue weighted by atomic mass is 10.1. The molecule has 13 heavy (non-hydrogen) atoms. The number of halogens is 1. The Kier molecular flexibility index (Phi) is 2.98. The van der Waals surface area contributed by atoms with Crippen LogP contribution in [-0.2, 0) is 4.74 Å². The van der Waals surface area contributed by atoms with Crippen LogP contribution in [0, 0.1) is 0 Å². The maximum Gasteiger partial charge on any atom is 0.0949 e. The molecule has 0 aliphatic carbocycles. The maximum absolute atomic E-state index is 5.63. The zero-order valence-corrected chi connectivity index (χ0v) is 8.88. The number of morpholine rings is 1. The quantitative estimate of drug-likeness (QED) is 0.814. The van der Waals surface area contributed by atoms with E-state index in [2.05, 4.69) is 33.4 Å². The van der Waals surface area contributed by atoms with Crippen LogP contribution in [0.1, 0.15) is 11.7 Å². The zero-order valence-electron chi connectivity index (χ0n) is 7.29. The molecular weight excluding hydrogens is 230 g/mol. The third-order valence-electron chi connectivity index (χ3n) is 2.17. The average Bonchev–Trinajstić information content (AvgIpc) is 2.20. The van der Waals surface area contributed by atoms with Gasteiger partial charge in [-0.2, -0.15) is 0 Å². The molecule has 1 aromatic rings. The lowest BCUT2D eigenvalue weighted by Gasteiger charge is -2.23. The first-order chi connectivity index (χ1) is 6.36. The zero-order chi connectivity index (χ0) is 9.10. The fraction of sp³-hybridized carbons (Fsp3) is 0.400. The van der Waals surface area contributed by atoms with Crippen LogP contribution in [0.3, 0.4) is 0 Å². The Morgan fingerprint density at radius 2 is 2.08 bits per heavy atom. The van der Waals surface area contributed by atoms with Gasteiger partial charge in [-0.1, -0.05) is 28.1 Å². The predicted octanol–water partition coefficient (Wildman–Crippen LogP) is 2.11. The number of ether oxygens (including phenoxy) is 1. The van der Waals surface area contributed by atoms with Gasteiger partial charge in [0.05, 0.1) is 12.7 Å². The van der Waals surface area contributed by atoms with Crippen molar-refractivity contribution in [1.29, 1.82) is 0 Å². The van der Waals surface area contributed by atoms with Gasteiger partial charge in [-0.15, -0.1) is 0 Å². The molecule has 1 atom stereocenters. The molecule has 1 aliphatic rings. The summed E-state index contributed by atoms with van der Waals surface area (Å²) >= 11 is 3.41. The summed E-state index contributed by atoms with van der Waals surface area (Å²) in [5, 5.41) is 3.31. The molecule has 70 valence electrons. The molecule has 1 N–H and O–H groups in total. The Bertz CT molecular complexity index is 267. The van der Waals surface area contributed by atoms with Gasteiger partial charge in [0.2, 0.25) is 0 Å². The van der Waals surface area contributed by atoms with E-state index in [1.165, 1.54) is 5.56 Å². The van der Waals surface area contributed by atoms with Crippen molar-refractivity contribution in [2.45, 2.75) is 6.10 Å². The minimum Gasteiger partial charge on any atom is -0.371 e. The van der Waals surface area contributed by atoms with Crippen LogP contribution in [0.5, 0.6) is 0 Å². The minimum absolute atomic E-state index is 0.224. The van der Waals surface area contributed by atoms with E-state index in [1.54, 1.807) is 0 Å². The first kappa shape index (κ1) is 9.19. The number of nitrogens with one attached hydrogen (secondary N) is 1. The third-order valence-corrected chi connectivity index (χ3v) is 2.70. The molecule has 1 aliphatic heterocycles. The Labute approximate surface area is 86.4 Å². The van der Waals surface area contributed by atoms with Gasteiger partial charge in [0.25, 0.3) is 0 Å². The summed E-state index contributed by atoms with van der Waals surface area (Å²) in [5.74, 6) is 0. The van der Waals surface area contributed by atoms with E-state index in [4.69, 9.17) is 4.74 Å². The Morgan fingerprint density at radius 3 is 2.69 bits per heavy atom. The van der Waals surface area contributed by atoms with E-state index < -0.39 is 0 Å². The fourth-order valence-corrected chi connectivity index (χ4v) is 1.72. The van der Waals surface area contributed by atoms with Gasteiger partial charge in [0.1, 0.15) is 0 Å². The molecule has 0 bridgehead atoms. The number of rotatable bonds is 1. The molecule has 1 saturated heterocycles. The van der Waals surface area contributed by atoms with Crippen LogP contribution in [0.15, 0.2) is 28.7 Å². The summed E-state index contributed by atoms with van der Waals surface area (Å²) in [6, 6.07) is 8.30. The SMILES string of the molecule is Brc1ccc(C2CNCCO2)cc1. The molecule has 0 aromatic heterocycles. The van der Waals surface area contributed by atoms with Crippen LogP contribution in [0.2, 0.25) is 0 Å². The normalized spacial score (nSPS) is 23.0. The van der Waals surface area contributed by atoms with Crippen LogP contribution in [0.25, 0.3) is 0 Å². The van der Waals surface area contributed by atoms with Gasteiger partial charge >= 0.3 is 0 Å². The van der Waals surface area contributed by atoms with E-state index in [1.807, 2.05) is 12.1 Å². The monoisotopic (exact) mass is 241 g/mol. The van der Waals surface area contributed by atoms with E-state index in [9.17, 15) is 0 Å². The maximum atomic E-state index is 5.63. The largest absolute Gasteiger partial charge is 0.371 e. The molecule has 1 heterocycles. The molecule has 0 amide bonds. The second-order valence-electron chi connectivity index (χ2n) is 3.12. The molecule has 0 spiro atoms. The third kappa shape index (κ3) is 2.30. The molecule has 1 fully saturated rings. The standard InChI is InChI=1S/C10H12BrNO/c11-9-3-1-8(2-4-9)10-7-12-5-6-13-10/h1-4,10,12H,5-7H2. The molecule has 1 unspecified atom stereocenters. The predicted molar refractivity (Wildman–Crippen MR) is 55.7 cm³/mol. The Morgan fingerprint density at radius 1 is 1.31 bits per heavy atom. The number of hydrogen-bond donors (Lipinski definition) is 1.